The summed E-state index contributed by atoms with van der Waals surface area (Å²) < 4.78 is 27.7. The molecule has 1 amide bonds. The third kappa shape index (κ3) is 4.71. The number of ketones is 1. The zero-order chi connectivity index (χ0) is 22.9. The minimum Gasteiger partial charge on any atom is -0.392 e. The molecule has 2 saturated heterocycles. The average molecular weight is 460 g/mol. The summed E-state index contributed by atoms with van der Waals surface area (Å²) in [7, 11) is -3.77. The first kappa shape index (κ1) is 22.8. The van der Waals surface area contributed by atoms with Crippen molar-refractivity contribution in [2.45, 2.75) is 62.1 Å². The molecule has 9 heteroatoms. The van der Waals surface area contributed by atoms with Crippen LogP contribution in [0.25, 0.3) is 0 Å². The molecule has 0 bridgehead atoms. The number of aryl methyl sites for hydroxylation is 1. The first-order valence-electron chi connectivity index (χ1n) is 11.0. The molecule has 2 aliphatic heterocycles. The van der Waals surface area contributed by atoms with Crippen molar-refractivity contribution in [3.8, 4) is 0 Å². The van der Waals surface area contributed by atoms with Gasteiger partial charge in [-0.2, -0.15) is 4.31 Å². The highest BCUT2D eigenvalue weighted by molar-refractivity contribution is 7.89. The van der Waals surface area contributed by atoms with Crippen LogP contribution in [0.3, 0.4) is 0 Å². The van der Waals surface area contributed by atoms with Gasteiger partial charge in [-0.25, -0.2) is 8.42 Å². The van der Waals surface area contributed by atoms with Gasteiger partial charge in [0.2, 0.25) is 15.9 Å². The normalized spacial score (nSPS) is 26.5. The zero-order valence-electron chi connectivity index (χ0n) is 18.1. The van der Waals surface area contributed by atoms with Crippen molar-refractivity contribution in [3.05, 3.63) is 53.3 Å². The van der Waals surface area contributed by atoms with Crippen LogP contribution in [0.2, 0.25) is 0 Å². The summed E-state index contributed by atoms with van der Waals surface area (Å²) in [6.07, 6.45) is 5.53. The molecule has 172 valence electrons. The second-order valence-corrected chi connectivity index (χ2v) is 10.5. The number of hydrogen-bond donors (Lipinski definition) is 3. The van der Waals surface area contributed by atoms with E-state index in [0.29, 0.717) is 56.5 Å². The van der Waals surface area contributed by atoms with Gasteiger partial charge in [-0.05, 0) is 62.8 Å². The van der Waals surface area contributed by atoms with Crippen LogP contribution in [-0.4, -0.2) is 60.8 Å². The fraction of sp³-hybridized carbons (Fsp3) is 0.478. The minimum absolute atomic E-state index is 0.194. The Bertz CT molecular complexity index is 1060. The van der Waals surface area contributed by atoms with Crippen LogP contribution in [-0.2, 0) is 19.6 Å². The Labute approximate surface area is 188 Å². The van der Waals surface area contributed by atoms with Crippen LogP contribution in [0.5, 0.6) is 0 Å². The molecular weight excluding hydrogens is 430 g/mol. The number of rotatable bonds is 6. The monoisotopic (exact) mass is 459 g/mol. The molecule has 32 heavy (non-hydrogen) atoms. The molecule has 3 atom stereocenters. The number of aliphatic hydroxyl groups is 1. The third-order valence-corrected chi connectivity index (χ3v) is 8.17. The number of carbonyl (C=O) groups is 2. The van der Waals surface area contributed by atoms with E-state index in [1.54, 1.807) is 30.3 Å². The van der Waals surface area contributed by atoms with Crippen LogP contribution in [0.4, 0.5) is 0 Å². The number of hydrogen-bond acceptors (Lipinski definition) is 6. The van der Waals surface area contributed by atoms with Crippen molar-refractivity contribution in [3.63, 3.8) is 0 Å². The standard InChI is InChI=1S/C23H29N3O5S/c1-15-7-9-19(10-8-15)32(30,31)26-11-3-6-21(26)22(28)16-4-2-5-17(12-16)25-23(29)20-13-18(27)14-24-20/h5,7-10,12,18,20-21,24,27H,2-4,6,11,13-14H2,1H3,(H,25,29)/t18?,20-,21-/m0/s1. The molecule has 1 aliphatic carbocycles. The van der Waals surface area contributed by atoms with Crippen LogP contribution in [0.1, 0.15) is 37.7 Å². The maximum atomic E-state index is 13.3. The summed E-state index contributed by atoms with van der Waals surface area (Å²) >= 11 is 0. The predicted octanol–water partition coefficient (Wildman–Crippen LogP) is 1.16. The summed E-state index contributed by atoms with van der Waals surface area (Å²) in [6, 6.07) is 5.46. The van der Waals surface area contributed by atoms with Gasteiger partial charge in [0, 0.05) is 18.8 Å². The number of amides is 1. The van der Waals surface area contributed by atoms with E-state index in [0.717, 1.165) is 5.56 Å². The largest absolute Gasteiger partial charge is 0.392 e. The molecule has 3 aliphatic rings. The number of benzene rings is 1. The Morgan fingerprint density at radius 1 is 1.22 bits per heavy atom. The Morgan fingerprint density at radius 3 is 2.66 bits per heavy atom. The van der Waals surface area contributed by atoms with E-state index in [1.165, 1.54) is 4.31 Å². The van der Waals surface area contributed by atoms with Crippen LogP contribution in [0, 0.1) is 6.92 Å². The lowest BCUT2D eigenvalue weighted by molar-refractivity contribution is -0.122. The second kappa shape index (κ2) is 9.27. The molecule has 1 aromatic rings. The molecular formula is C23H29N3O5S. The topological polar surface area (TPSA) is 116 Å². The molecule has 0 aromatic heterocycles. The number of sulfonamides is 1. The number of allylic oxidation sites excluding steroid dienone is 2. The van der Waals surface area contributed by atoms with Crippen LogP contribution < -0.4 is 10.6 Å². The van der Waals surface area contributed by atoms with Crippen molar-refractivity contribution < 1.29 is 23.1 Å². The van der Waals surface area contributed by atoms with Gasteiger partial charge in [0.25, 0.3) is 0 Å². The van der Waals surface area contributed by atoms with Crippen molar-refractivity contribution in [2.75, 3.05) is 13.1 Å². The lowest BCUT2D eigenvalue weighted by atomic mass is 9.94. The number of nitrogens with zero attached hydrogens (tertiary/aromatic N) is 1. The van der Waals surface area contributed by atoms with Gasteiger partial charge in [-0.15, -0.1) is 0 Å². The van der Waals surface area contributed by atoms with Crippen molar-refractivity contribution in [2.24, 2.45) is 0 Å². The van der Waals surface area contributed by atoms with Crippen molar-refractivity contribution in [1.29, 1.82) is 0 Å². The quantitative estimate of drug-likeness (QED) is 0.588. The highest BCUT2D eigenvalue weighted by Gasteiger charge is 2.40. The highest BCUT2D eigenvalue weighted by Crippen LogP contribution is 2.30. The Hall–Kier alpha value is -2.33. The van der Waals surface area contributed by atoms with Crippen molar-refractivity contribution in [1.82, 2.24) is 14.9 Å². The average Bonchev–Trinajstić information content (AvgIpc) is 3.43. The number of Topliss-reactive ketones (excluding diaryl/α,β-unsaturated/α-hetero) is 1. The molecule has 1 aromatic carbocycles. The summed E-state index contributed by atoms with van der Waals surface area (Å²) in [5, 5.41) is 15.4. The number of β-amino-alcohol motifs (C(OH)–C–C–N with tert-alkyl or cyclic N) is 1. The summed E-state index contributed by atoms with van der Waals surface area (Å²) in [5.74, 6) is -0.449. The SMILES string of the molecule is Cc1ccc(S(=O)(=O)N2CCC[C@H]2C(=O)C2=CC(NC(=O)[C@@H]3CC(O)CN3)=CCC2)cc1. The third-order valence-electron chi connectivity index (χ3n) is 6.25. The van der Waals surface area contributed by atoms with E-state index in [1.807, 2.05) is 13.0 Å². The fourth-order valence-electron chi connectivity index (χ4n) is 4.48. The maximum absolute atomic E-state index is 13.3. The van der Waals surface area contributed by atoms with Crippen molar-refractivity contribution >= 4 is 21.7 Å². The molecule has 2 fully saturated rings. The van der Waals surface area contributed by atoms with E-state index < -0.39 is 28.2 Å². The zero-order valence-corrected chi connectivity index (χ0v) is 18.9. The van der Waals surface area contributed by atoms with Crippen LogP contribution >= 0.6 is 0 Å². The Kier molecular flexibility index (Phi) is 6.62. The van der Waals surface area contributed by atoms with E-state index >= 15 is 0 Å². The van der Waals surface area contributed by atoms with E-state index in [4.69, 9.17) is 0 Å². The smallest absolute Gasteiger partial charge is 0.243 e. The number of nitrogens with one attached hydrogen (secondary N) is 2. The summed E-state index contributed by atoms with van der Waals surface area (Å²) in [6.45, 7) is 2.58. The molecule has 1 unspecified atom stereocenters. The van der Waals surface area contributed by atoms with Gasteiger partial charge in [0.15, 0.2) is 5.78 Å². The van der Waals surface area contributed by atoms with Crippen LogP contribution in [0.15, 0.2) is 52.6 Å². The highest BCUT2D eigenvalue weighted by atomic mass is 32.2. The molecule has 4 rings (SSSR count). The minimum atomic E-state index is -3.77. The second-order valence-electron chi connectivity index (χ2n) is 8.66. The molecule has 8 nitrogen and oxygen atoms in total. The summed E-state index contributed by atoms with van der Waals surface area (Å²) in [4.78, 5) is 25.9. The van der Waals surface area contributed by atoms with Gasteiger partial charge in [0.05, 0.1) is 23.1 Å². The Balaban J connectivity index is 1.48. The van der Waals surface area contributed by atoms with Gasteiger partial charge < -0.3 is 15.7 Å². The van der Waals surface area contributed by atoms with E-state index in [2.05, 4.69) is 10.6 Å². The first-order chi connectivity index (χ1) is 15.3. The molecule has 3 N–H and O–H groups in total. The molecule has 0 spiro atoms. The van der Waals surface area contributed by atoms with Gasteiger partial charge >= 0.3 is 0 Å². The van der Waals surface area contributed by atoms with E-state index in [9.17, 15) is 23.1 Å². The molecule has 2 heterocycles. The maximum Gasteiger partial charge on any atom is 0.243 e. The number of carbonyl (C=O) groups excluding carboxylic acids is 2. The predicted molar refractivity (Wildman–Crippen MR) is 119 cm³/mol. The van der Waals surface area contributed by atoms with Gasteiger partial charge in [-0.3, -0.25) is 9.59 Å². The lowest BCUT2D eigenvalue weighted by Crippen LogP contribution is -2.42. The van der Waals surface area contributed by atoms with E-state index in [-0.39, 0.29) is 16.6 Å². The summed E-state index contributed by atoms with van der Waals surface area (Å²) in [5.41, 5.74) is 2.03. The molecule has 0 radical (unpaired) electrons. The molecule has 0 saturated carbocycles. The number of aliphatic hydroxyl groups excluding tert-OH is 1. The van der Waals surface area contributed by atoms with Gasteiger partial charge in [-0.1, -0.05) is 23.8 Å². The fourth-order valence-corrected chi connectivity index (χ4v) is 6.14. The Morgan fingerprint density at radius 2 is 1.97 bits per heavy atom. The van der Waals surface area contributed by atoms with Gasteiger partial charge in [0.1, 0.15) is 0 Å². The first-order valence-corrected chi connectivity index (χ1v) is 12.5. The lowest BCUT2D eigenvalue weighted by Gasteiger charge is -2.25.